The van der Waals surface area contributed by atoms with Crippen molar-refractivity contribution in [2.75, 3.05) is 0 Å². The molecule has 2 unspecified atom stereocenters. The van der Waals surface area contributed by atoms with Crippen LogP contribution in [0, 0.1) is 29.1 Å². The summed E-state index contributed by atoms with van der Waals surface area (Å²) < 4.78 is 0. The maximum atomic E-state index is 11.9. The lowest BCUT2D eigenvalue weighted by atomic mass is 9.53. The van der Waals surface area contributed by atoms with Crippen molar-refractivity contribution in [1.29, 1.82) is 0 Å². The number of benzene rings is 2. The highest BCUT2D eigenvalue weighted by atomic mass is 16.3. The van der Waals surface area contributed by atoms with Gasteiger partial charge in [0.2, 0.25) is 0 Å². The number of nitrogens with one attached hydrogen (secondary N) is 1. The zero-order chi connectivity index (χ0) is 25.6. The topological polar surface area (TPSA) is 78.5 Å². The van der Waals surface area contributed by atoms with Crippen LogP contribution in [0.25, 0.3) is 0 Å². The smallest absolute Gasteiger partial charge is 0.131 e. The van der Waals surface area contributed by atoms with Gasteiger partial charge >= 0.3 is 0 Å². The second-order valence-electron chi connectivity index (χ2n) is 12.5. The fourth-order valence-corrected chi connectivity index (χ4v) is 8.33. The van der Waals surface area contributed by atoms with Crippen LogP contribution in [-0.4, -0.2) is 27.9 Å². The molecule has 3 saturated carbocycles. The summed E-state index contributed by atoms with van der Waals surface area (Å²) in [4.78, 5) is 0. The molecule has 2 aromatic rings. The van der Waals surface area contributed by atoms with Crippen LogP contribution in [0.2, 0.25) is 0 Å². The molecule has 0 saturated heterocycles. The van der Waals surface area contributed by atoms with Crippen molar-refractivity contribution in [1.82, 2.24) is 5.32 Å². The number of fused-ring (bicyclic) bond motifs is 5. The van der Waals surface area contributed by atoms with Crippen LogP contribution in [0.3, 0.4) is 0 Å². The first kappa shape index (κ1) is 25.0. The fourth-order valence-electron chi connectivity index (χ4n) is 8.33. The Kier molecular flexibility index (Phi) is 6.60. The van der Waals surface area contributed by atoms with Crippen LogP contribution >= 0.6 is 0 Å². The third-order valence-electron chi connectivity index (χ3n) is 10.6. The number of phenolic OH excluding ortho intramolecular Hbond substituents is 1. The lowest BCUT2D eigenvalue weighted by Gasteiger charge is -2.52. The molecule has 4 heteroatoms. The fraction of sp³-hybridized carbons (Fsp3) is 0.576. The van der Waals surface area contributed by atoms with Crippen molar-refractivity contribution in [3.05, 3.63) is 64.7 Å². The molecule has 3 fully saturated rings. The molecule has 0 heterocycles. The standard InChI is InChI=1S/C33H42N2O2/c1-32-17-15-27-26-13-11-25(36)20-24(26)10-12-28(27)29(32)16-19-33(32,37)18-14-22-6-8-23(9-7-22)21-35-31-5-3-2-4-30(31)34/h6-9,11,13,20,27-31,35-37H,2-5,10,12,15-17,19,21,34H2,1H3/t27-,28-,29+,30?,31?,32+,33+/m1/s1. The molecule has 0 spiro atoms. The molecule has 2 aromatic carbocycles. The number of aromatic hydroxyl groups is 1. The molecule has 0 amide bonds. The highest BCUT2D eigenvalue weighted by molar-refractivity contribution is 5.42. The number of aliphatic hydroxyl groups is 1. The molecule has 37 heavy (non-hydrogen) atoms. The lowest BCUT2D eigenvalue weighted by Crippen LogP contribution is -2.50. The molecule has 0 aliphatic heterocycles. The van der Waals surface area contributed by atoms with Gasteiger partial charge in [0.05, 0.1) is 0 Å². The van der Waals surface area contributed by atoms with E-state index in [0.717, 1.165) is 57.1 Å². The average molecular weight is 499 g/mol. The van der Waals surface area contributed by atoms with Crippen molar-refractivity contribution in [3.63, 3.8) is 0 Å². The molecule has 0 radical (unpaired) electrons. The SMILES string of the molecule is C[C@]12CC[C@@H]3c4ccc(O)cc4CC[C@H]3[C@@H]1CC[C@@]2(O)C#Cc1ccc(CNC2CCCCC2N)cc1. The number of rotatable bonds is 3. The van der Waals surface area contributed by atoms with Gasteiger partial charge in [0.15, 0.2) is 0 Å². The van der Waals surface area contributed by atoms with Crippen LogP contribution in [-0.2, 0) is 13.0 Å². The summed E-state index contributed by atoms with van der Waals surface area (Å²) in [5.41, 5.74) is 10.1. The molecule has 0 bridgehead atoms. The Morgan fingerprint density at radius 2 is 1.81 bits per heavy atom. The maximum absolute atomic E-state index is 11.9. The van der Waals surface area contributed by atoms with Crippen molar-refractivity contribution in [3.8, 4) is 17.6 Å². The average Bonchev–Trinajstić information content (AvgIpc) is 3.18. The summed E-state index contributed by atoms with van der Waals surface area (Å²) in [6.07, 6.45) is 10.9. The molecule has 4 aliphatic rings. The van der Waals surface area contributed by atoms with Crippen molar-refractivity contribution >= 4 is 0 Å². The van der Waals surface area contributed by atoms with E-state index in [9.17, 15) is 10.2 Å². The van der Waals surface area contributed by atoms with E-state index in [1.165, 1.54) is 36.0 Å². The second-order valence-corrected chi connectivity index (χ2v) is 12.5. The van der Waals surface area contributed by atoms with Crippen LogP contribution < -0.4 is 11.1 Å². The van der Waals surface area contributed by atoms with Gasteiger partial charge in [-0.2, -0.15) is 0 Å². The van der Waals surface area contributed by atoms with E-state index in [-0.39, 0.29) is 11.5 Å². The van der Waals surface area contributed by atoms with Gasteiger partial charge in [-0.25, -0.2) is 0 Å². The van der Waals surface area contributed by atoms with Gasteiger partial charge in [0, 0.05) is 29.6 Å². The highest BCUT2D eigenvalue weighted by Gasteiger charge is 2.61. The Morgan fingerprint density at radius 3 is 2.62 bits per heavy atom. The lowest BCUT2D eigenvalue weighted by molar-refractivity contribution is -0.0647. The summed E-state index contributed by atoms with van der Waals surface area (Å²) in [6, 6.07) is 15.1. The van der Waals surface area contributed by atoms with E-state index in [4.69, 9.17) is 5.73 Å². The molecule has 0 aromatic heterocycles. The minimum atomic E-state index is -0.935. The van der Waals surface area contributed by atoms with Crippen LogP contribution in [0.1, 0.15) is 92.9 Å². The van der Waals surface area contributed by atoms with Gasteiger partial charge in [-0.05, 0) is 110 Å². The monoisotopic (exact) mass is 498 g/mol. The zero-order valence-electron chi connectivity index (χ0n) is 22.2. The second kappa shape index (κ2) is 9.77. The molecule has 196 valence electrons. The van der Waals surface area contributed by atoms with Gasteiger partial charge < -0.3 is 21.3 Å². The van der Waals surface area contributed by atoms with E-state index in [2.05, 4.69) is 54.4 Å². The Balaban J connectivity index is 1.14. The van der Waals surface area contributed by atoms with Crippen molar-refractivity contribution < 1.29 is 10.2 Å². The van der Waals surface area contributed by atoms with Gasteiger partial charge in [0.25, 0.3) is 0 Å². The molecule has 5 N–H and O–H groups in total. The van der Waals surface area contributed by atoms with E-state index in [1.807, 2.05) is 12.1 Å². The molecule has 4 nitrogen and oxygen atoms in total. The minimum absolute atomic E-state index is 0.168. The van der Waals surface area contributed by atoms with Gasteiger partial charge in [-0.1, -0.05) is 49.8 Å². The summed E-state index contributed by atoms with van der Waals surface area (Å²) in [7, 11) is 0. The van der Waals surface area contributed by atoms with Gasteiger partial charge in [0.1, 0.15) is 11.4 Å². The van der Waals surface area contributed by atoms with Crippen molar-refractivity contribution in [2.24, 2.45) is 23.0 Å². The summed E-state index contributed by atoms with van der Waals surface area (Å²) in [5, 5.41) is 25.5. The Morgan fingerprint density at radius 1 is 1.00 bits per heavy atom. The van der Waals surface area contributed by atoms with Gasteiger partial charge in [-0.15, -0.1) is 0 Å². The summed E-state index contributed by atoms with van der Waals surface area (Å²) in [6.45, 7) is 3.13. The van der Waals surface area contributed by atoms with Crippen LogP contribution in [0.5, 0.6) is 5.75 Å². The van der Waals surface area contributed by atoms with E-state index >= 15 is 0 Å². The summed E-state index contributed by atoms with van der Waals surface area (Å²) >= 11 is 0. The number of phenols is 1. The van der Waals surface area contributed by atoms with Crippen LogP contribution in [0.15, 0.2) is 42.5 Å². The van der Waals surface area contributed by atoms with Crippen molar-refractivity contribution in [2.45, 2.75) is 101 Å². The normalized spacial score (nSPS) is 36.6. The number of aryl methyl sites for hydroxylation is 1. The molecule has 4 aliphatic carbocycles. The molecule has 7 atom stereocenters. The summed E-state index contributed by atoms with van der Waals surface area (Å²) in [5.74, 6) is 8.74. The van der Waals surface area contributed by atoms with Crippen LogP contribution in [0.4, 0.5) is 0 Å². The first-order chi connectivity index (χ1) is 17.9. The Labute approximate surface area is 222 Å². The third-order valence-corrected chi connectivity index (χ3v) is 10.6. The third kappa shape index (κ3) is 4.50. The number of hydrogen-bond donors (Lipinski definition) is 4. The molecular formula is C33H42N2O2. The molecule has 6 rings (SSSR count). The number of hydrogen-bond acceptors (Lipinski definition) is 4. The maximum Gasteiger partial charge on any atom is 0.131 e. The molecular weight excluding hydrogens is 456 g/mol. The largest absolute Gasteiger partial charge is 0.508 e. The predicted octanol–water partition coefficient (Wildman–Crippen LogP) is 5.39. The first-order valence-corrected chi connectivity index (χ1v) is 14.5. The number of nitrogens with two attached hydrogens (primary N) is 1. The van der Waals surface area contributed by atoms with Gasteiger partial charge in [-0.3, -0.25) is 0 Å². The van der Waals surface area contributed by atoms with E-state index < -0.39 is 5.60 Å². The van der Waals surface area contributed by atoms with E-state index in [1.54, 1.807) is 0 Å². The first-order valence-electron chi connectivity index (χ1n) is 14.5. The van der Waals surface area contributed by atoms with E-state index in [0.29, 0.717) is 29.5 Å². The Bertz CT molecular complexity index is 1200. The predicted molar refractivity (Wildman–Crippen MR) is 148 cm³/mol. The quantitative estimate of drug-likeness (QED) is 0.428. The Hall–Kier alpha value is -2.32. The highest BCUT2D eigenvalue weighted by Crippen LogP contribution is 2.64. The minimum Gasteiger partial charge on any atom is -0.508 e. The zero-order valence-corrected chi connectivity index (χ0v) is 22.2.